The van der Waals surface area contributed by atoms with Gasteiger partial charge in [-0.2, -0.15) is 13.2 Å². The van der Waals surface area contributed by atoms with E-state index in [-0.39, 0.29) is 5.69 Å². The van der Waals surface area contributed by atoms with E-state index >= 15 is 0 Å². The molecular weight excluding hydrogens is 621 g/mol. The van der Waals surface area contributed by atoms with Gasteiger partial charge in [-0.3, -0.25) is 4.90 Å². The van der Waals surface area contributed by atoms with E-state index in [9.17, 15) is 18.0 Å². The van der Waals surface area contributed by atoms with Gasteiger partial charge in [0.15, 0.2) is 5.82 Å². The fraction of sp³-hybridized carbons (Fsp3) is 0.286. The van der Waals surface area contributed by atoms with E-state index in [0.29, 0.717) is 69.9 Å². The summed E-state index contributed by atoms with van der Waals surface area (Å²) in [5.41, 5.74) is 0.902. The van der Waals surface area contributed by atoms with Gasteiger partial charge < -0.3 is 20.3 Å². The van der Waals surface area contributed by atoms with Crippen molar-refractivity contribution in [2.24, 2.45) is 0 Å². The molecule has 0 aliphatic carbocycles. The third-order valence-corrected chi connectivity index (χ3v) is 8.35. The minimum Gasteiger partial charge on any atom is -0.438 e. The number of benzene rings is 3. The number of carbonyl (C=O) groups is 1. The highest BCUT2D eigenvalue weighted by atomic mass is 19.4. The predicted octanol–water partition coefficient (Wildman–Crippen LogP) is 7.24. The maximum absolute atomic E-state index is 13.7. The lowest BCUT2D eigenvalue weighted by atomic mass is 10.1. The SMILES string of the molecule is CCc1ncnc(-c2cccnc2Oc2ccc(NC(=O)Nc3cc(C(F)(F)F)ccc3CN3CC[C@@H](N(C)C)C3)c3ccccc23)n1. The highest BCUT2D eigenvalue weighted by Gasteiger charge is 2.32. The van der Waals surface area contributed by atoms with Gasteiger partial charge in [-0.05, 0) is 62.5 Å². The van der Waals surface area contributed by atoms with Gasteiger partial charge in [-0.15, -0.1) is 0 Å². The maximum Gasteiger partial charge on any atom is 0.416 e. The summed E-state index contributed by atoms with van der Waals surface area (Å²) >= 11 is 0. The molecule has 0 spiro atoms. The number of likely N-dealkylation sites (N-methyl/N-ethyl adjacent to an activating group) is 1. The number of anilines is 2. The first-order valence-electron chi connectivity index (χ1n) is 15.6. The highest BCUT2D eigenvalue weighted by Crippen LogP contribution is 2.37. The quantitative estimate of drug-likeness (QED) is 0.171. The molecule has 1 atom stereocenters. The van der Waals surface area contributed by atoms with Crippen molar-refractivity contribution in [2.75, 3.05) is 37.8 Å². The van der Waals surface area contributed by atoms with Crippen molar-refractivity contribution in [3.05, 3.63) is 96.2 Å². The van der Waals surface area contributed by atoms with Crippen LogP contribution in [-0.4, -0.2) is 69.0 Å². The highest BCUT2D eigenvalue weighted by molar-refractivity contribution is 6.07. The van der Waals surface area contributed by atoms with Crippen LogP contribution in [-0.2, 0) is 19.1 Å². The van der Waals surface area contributed by atoms with Gasteiger partial charge in [0.25, 0.3) is 0 Å². The summed E-state index contributed by atoms with van der Waals surface area (Å²) in [7, 11) is 4.03. The van der Waals surface area contributed by atoms with Crippen LogP contribution in [0.25, 0.3) is 22.2 Å². The number of hydrogen-bond acceptors (Lipinski definition) is 8. The lowest BCUT2D eigenvalue weighted by Gasteiger charge is -2.22. The first-order valence-corrected chi connectivity index (χ1v) is 15.6. The zero-order valence-electron chi connectivity index (χ0n) is 26.8. The van der Waals surface area contributed by atoms with Crippen LogP contribution in [0.5, 0.6) is 11.6 Å². The molecule has 48 heavy (non-hydrogen) atoms. The molecule has 1 aliphatic heterocycles. The molecule has 3 heterocycles. The van der Waals surface area contributed by atoms with Gasteiger partial charge in [0.05, 0.1) is 16.8 Å². The Balaban J connectivity index is 1.25. The summed E-state index contributed by atoms with van der Waals surface area (Å²) in [5.74, 6) is 1.84. The number of aryl methyl sites for hydroxylation is 1. The minimum absolute atomic E-state index is 0.104. The molecule has 5 aromatic rings. The number of carbonyl (C=O) groups excluding carboxylic acids is 1. The van der Waals surface area contributed by atoms with Gasteiger partial charge in [-0.25, -0.2) is 24.7 Å². The number of amides is 2. The van der Waals surface area contributed by atoms with Crippen LogP contribution in [0.2, 0.25) is 0 Å². The topological polar surface area (TPSA) is 108 Å². The molecule has 2 aromatic heterocycles. The molecule has 2 N–H and O–H groups in total. The third-order valence-electron chi connectivity index (χ3n) is 8.35. The molecule has 1 aliphatic rings. The van der Waals surface area contributed by atoms with Crippen molar-refractivity contribution in [2.45, 2.75) is 38.5 Å². The van der Waals surface area contributed by atoms with E-state index in [4.69, 9.17) is 4.74 Å². The summed E-state index contributed by atoms with van der Waals surface area (Å²) in [6, 6.07) is 17.5. The van der Waals surface area contributed by atoms with E-state index in [1.807, 2.05) is 51.4 Å². The molecule has 3 aromatic carbocycles. The second-order valence-electron chi connectivity index (χ2n) is 11.8. The van der Waals surface area contributed by atoms with Crippen LogP contribution in [0.1, 0.15) is 30.3 Å². The molecular formula is C35H35F3N8O2. The zero-order chi connectivity index (χ0) is 33.8. The smallest absolute Gasteiger partial charge is 0.416 e. The van der Waals surface area contributed by atoms with Crippen molar-refractivity contribution in [1.82, 2.24) is 29.7 Å². The molecule has 248 valence electrons. The zero-order valence-corrected chi connectivity index (χ0v) is 26.8. The summed E-state index contributed by atoms with van der Waals surface area (Å²) in [6.45, 7) is 3.96. The lowest BCUT2D eigenvalue weighted by Crippen LogP contribution is -2.31. The number of likely N-dealkylation sites (tertiary alicyclic amines) is 1. The van der Waals surface area contributed by atoms with Crippen molar-refractivity contribution < 1.29 is 22.7 Å². The number of ether oxygens (including phenoxy) is 1. The van der Waals surface area contributed by atoms with Crippen LogP contribution < -0.4 is 15.4 Å². The molecule has 6 rings (SSSR count). The molecule has 2 amide bonds. The fourth-order valence-electron chi connectivity index (χ4n) is 5.75. The number of aromatic nitrogens is 4. The average Bonchev–Trinajstić information content (AvgIpc) is 3.55. The first kappa shape index (κ1) is 32.8. The summed E-state index contributed by atoms with van der Waals surface area (Å²) in [4.78, 5) is 35.1. The standard InChI is InChI=1S/C35H35F3N8O2/c1-4-31-40-21-41-32(44-31)27-10-7-16-39-33(27)48-30-14-13-28(25-8-5-6-9-26(25)30)42-34(47)43-29-18-23(35(36,37)38)12-11-22(29)19-46-17-15-24(20-46)45(2)3/h5-14,16,18,21,24H,4,15,17,19-20H2,1-3H3,(H2,42,43,47)/t24-/m1/s1. The van der Waals surface area contributed by atoms with Crippen molar-refractivity contribution in [1.29, 1.82) is 0 Å². The number of urea groups is 1. The Hall–Kier alpha value is -5.14. The fourth-order valence-corrected chi connectivity index (χ4v) is 5.75. The Morgan fingerprint density at radius 3 is 2.52 bits per heavy atom. The van der Waals surface area contributed by atoms with Gasteiger partial charge >= 0.3 is 12.2 Å². The molecule has 13 heteroatoms. The van der Waals surface area contributed by atoms with Gasteiger partial charge in [0.2, 0.25) is 5.88 Å². The van der Waals surface area contributed by atoms with Crippen LogP contribution in [0.4, 0.5) is 29.3 Å². The monoisotopic (exact) mass is 656 g/mol. The number of hydrogen-bond donors (Lipinski definition) is 2. The lowest BCUT2D eigenvalue weighted by molar-refractivity contribution is -0.137. The van der Waals surface area contributed by atoms with Crippen LogP contribution in [0.15, 0.2) is 79.3 Å². The number of alkyl halides is 3. The van der Waals surface area contributed by atoms with Crippen molar-refractivity contribution in [3.63, 3.8) is 0 Å². The van der Waals surface area contributed by atoms with Crippen molar-refractivity contribution in [3.8, 4) is 23.0 Å². The second kappa shape index (κ2) is 13.9. The Morgan fingerprint density at radius 1 is 0.979 bits per heavy atom. The molecule has 1 saturated heterocycles. The number of halogens is 3. The predicted molar refractivity (Wildman–Crippen MR) is 178 cm³/mol. The molecule has 0 unspecified atom stereocenters. The van der Waals surface area contributed by atoms with Gasteiger partial charge in [-0.1, -0.05) is 37.3 Å². The van der Waals surface area contributed by atoms with Crippen LogP contribution >= 0.6 is 0 Å². The first-order chi connectivity index (χ1) is 23.1. The average molecular weight is 657 g/mol. The van der Waals surface area contributed by atoms with E-state index in [2.05, 4.69) is 40.4 Å². The largest absolute Gasteiger partial charge is 0.438 e. The van der Waals surface area contributed by atoms with E-state index in [1.165, 1.54) is 12.4 Å². The van der Waals surface area contributed by atoms with Crippen LogP contribution in [0, 0.1) is 0 Å². The summed E-state index contributed by atoms with van der Waals surface area (Å²) in [5, 5.41) is 6.85. The number of pyridine rings is 1. The molecule has 1 fully saturated rings. The van der Waals surface area contributed by atoms with Gasteiger partial charge in [0.1, 0.15) is 17.9 Å². The summed E-state index contributed by atoms with van der Waals surface area (Å²) < 4.78 is 47.3. The number of nitrogens with zero attached hydrogens (tertiary/aromatic N) is 6. The third kappa shape index (κ3) is 7.37. The Bertz CT molecular complexity index is 1930. The van der Waals surface area contributed by atoms with E-state index in [1.54, 1.807) is 24.4 Å². The maximum atomic E-state index is 13.7. The normalized spacial score (nSPS) is 15.2. The van der Waals surface area contributed by atoms with Gasteiger partial charge in [0, 0.05) is 54.8 Å². The van der Waals surface area contributed by atoms with E-state index in [0.717, 1.165) is 31.6 Å². The second-order valence-corrected chi connectivity index (χ2v) is 11.8. The summed E-state index contributed by atoms with van der Waals surface area (Å²) in [6.07, 6.45) is 0.103. The number of nitrogens with one attached hydrogen (secondary N) is 2. The molecule has 0 radical (unpaired) electrons. The number of fused-ring (bicyclic) bond motifs is 1. The molecule has 10 nitrogen and oxygen atoms in total. The number of rotatable bonds is 9. The Kier molecular flexibility index (Phi) is 9.51. The van der Waals surface area contributed by atoms with E-state index < -0.39 is 17.8 Å². The van der Waals surface area contributed by atoms with Crippen LogP contribution in [0.3, 0.4) is 0 Å². The minimum atomic E-state index is -4.56. The Labute approximate surface area is 276 Å². The van der Waals surface area contributed by atoms with Crippen molar-refractivity contribution >= 4 is 28.2 Å². The molecule has 0 bridgehead atoms. The Morgan fingerprint density at radius 2 is 1.77 bits per heavy atom. The molecule has 0 saturated carbocycles.